The van der Waals surface area contributed by atoms with E-state index in [2.05, 4.69) is 113 Å². The van der Waals surface area contributed by atoms with Crippen LogP contribution < -0.4 is 0 Å². The molecule has 0 radical (unpaired) electrons. The van der Waals surface area contributed by atoms with E-state index in [1.807, 2.05) is 15.0 Å². The summed E-state index contributed by atoms with van der Waals surface area (Å²) in [6.07, 6.45) is 19.6. The first-order valence-electron chi connectivity index (χ1n) is 24.5. The molecule has 0 aromatic carbocycles. The summed E-state index contributed by atoms with van der Waals surface area (Å²) in [5.74, 6) is 0.354. The fraction of sp³-hybridized carbons (Fsp3) is 0.938. The second kappa shape index (κ2) is 16.9. The summed E-state index contributed by atoms with van der Waals surface area (Å²) in [5.41, 5.74) is -1.82. The van der Waals surface area contributed by atoms with Crippen molar-refractivity contribution >= 4 is 17.7 Å². The molecule has 0 aromatic rings. The Morgan fingerprint density at radius 2 is 0.550 bits per heavy atom. The van der Waals surface area contributed by atoms with Crippen LogP contribution in [-0.2, 0) is 14.4 Å². The zero-order valence-corrected chi connectivity index (χ0v) is 40.5. The second-order valence-electron chi connectivity index (χ2n) is 24.2. The zero-order chi connectivity index (χ0) is 43.6. The smallest absolute Gasteiger partial charge is 0.238 e. The lowest BCUT2D eigenvalue weighted by atomic mass is 9.84. The molecule has 3 aliphatic carbocycles. The van der Waals surface area contributed by atoms with Crippen molar-refractivity contribution in [3.05, 3.63) is 0 Å². The standard InChI is InChI=1S/C48H87N9O3/c1-43(2)28-40(58)52(31-46(7,8)55(43)37-22-16-13-17-23-37)49-34-50(53-32-47(9,10)56(38-24-18-14-19-25-38)44(3,4)29-41(53)59)36-51(35-49)54-33-48(11,12)57(39-26-20-15-21-27-39)45(5,6)30-42(54)60/h37-39H,13-36H2,1-12H3. The normalized spacial score (nSPS) is 31.6. The molecular weight excluding hydrogens is 751 g/mol. The van der Waals surface area contributed by atoms with E-state index in [0.717, 1.165) is 0 Å². The molecule has 0 spiro atoms. The quantitative estimate of drug-likeness (QED) is 0.267. The van der Waals surface area contributed by atoms with E-state index in [-0.39, 0.29) is 51.0 Å². The topological polar surface area (TPSA) is 80.4 Å². The van der Waals surface area contributed by atoms with Gasteiger partial charge in [-0.15, -0.1) is 0 Å². The van der Waals surface area contributed by atoms with Gasteiger partial charge in [0.25, 0.3) is 0 Å². The summed E-state index contributed by atoms with van der Waals surface area (Å²) >= 11 is 0. The molecule has 12 heteroatoms. The van der Waals surface area contributed by atoms with E-state index < -0.39 is 0 Å². The fourth-order valence-electron chi connectivity index (χ4n) is 14.6. The van der Waals surface area contributed by atoms with Crippen LogP contribution in [0, 0.1) is 0 Å². The van der Waals surface area contributed by atoms with Crippen molar-refractivity contribution in [2.24, 2.45) is 0 Å². The van der Waals surface area contributed by atoms with Crippen molar-refractivity contribution in [1.29, 1.82) is 0 Å². The molecule has 60 heavy (non-hydrogen) atoms. The lowest BCUT2D eigenvalue weighted by Crippen LogP contribution is -2.71. The highest BCUT2D eigenvalue weighted by Crippen LogP contribution is 2.44. The minimum atomic E-state index is -0.315. The van der Waals surface area contributed by atoms with Crippen LogP contribution in [0.4, 0.5) is 0 Å². The molecule has 342 valence electrons. The number of hydrogen-bond donors (Lipinski definition) is 0. The van der Waals surface area contributed by atoms with E-state index in [9.17, 15) is 14.4 Å². The molecule has 0 atom stereocenters. The number of hydrogen-bond acceptors (Lipinski definition) is 9. The maximum atomic E-state index is 14.9. The Kier molecular flexibility index (Phi) is 13.0. The molecule has 7 fully saturated rings. The summed E-state index contributed by atoms with van der Waals surface area (Å²) in [7, 11) is 0. The highest BCUT2D eigenvalue weighted by atomic mass is 16.2. The van der Waals surface area contributed by atoms with Crippen LogP contribution in [0.3, 0.4) is 0 Å². The minimum Gasteiger partial charge on any atom is -0.288 e. The van der Waals surface area contributed by atoms with Gasteiger partial charge in [-0.2, -0.15) is 15.0 Å². The fourth-order valence-corrected chi connectivity index (χ4v) is 14.6. The van der Waals surface area contributed by atoms with Crippen molar-refractivity contribution in [2.75, 3.05) is 39.6 Å². The van der Waals surface area contributed by atoms with Crippen molar-refractivity contribution < 1.29 is 14.4 Å². The van der Waals surface area contributed by atoms with Crippen LogP contribution in [0.2, 0.25) is 0 Å². The van der Waals surface area contributed by atoms with Crippen molar-refractivity contribution in [2.45, 2.75) is 250 Å². The number of rotatable bonds is 6. The monoisotopic (exact) mass is 838 g/mol. The van der Waals surface area contributed by atoms with Gasteiger partial charge < -0.3 is 0 Å². The third-order valence-electron chi connectivity index (χ3n) is 16.0. The van der Waals surface area contributed by atoms with Crippen LogP contribution in [0.25, 0.3) is 0 Å². The molecule has 7 rings (SSSR count). The number of nitrogens with zero attached hydrogens (tertiary/aromatic N) is 9. The molecule has 4 aliphatic heterocycles. The van der Waals surface area contributed by atoms with Gasteiger partial charge in [0.05, 0.1) is 39.6 Å². The average molecular weight is 838 g/mol. The largest absolute Gasteiger partial charge is 0.288 e. The van der Waals surface area contributed by atoms with Crippen LogP contribution in [0.5, 0.6) is 0 Å². The SMILES string of the molecule is CC1(C)CC(=O)N(N2CN(N3CC(C)(C)N(C4CCCCC4)C(C)(C)CC3=O)CN(N3CC(C)(C)N(C4CCCCC4)C(C)(C)CC3=O)C2)CC(C)(C)N1C1CCCCC1. The molecule has 0 aromatic heterocycles. The number of carbonyl (C=O) groups excluding carboxylic acids is 3. The molecule has 3 amide bonds. The van der Waals surface area contributed by atoms with Gasteiger partial charge in [0.15, 0.2) is 0 Å². The van der Waals surface area contributed by atoms with Gasteiger partial charge in [-0.05, 0) is 122 Å². The highest BCUT2D eigenvalue weighted by molar-refractivity contribution is 5.79. The Morgan fingerprint density at radius 1 is 0.333 bits per heavy atom. The number of amides is 3. The molecule has 4 heterocycles. The summed E-state index contributed by atoms with van der Waals surface area (Å²) in [4.78, 5) is 52.8. The molecule has 12 nitrogen and oxygen atoms in total. The molecule has 7 aliphatic rings. The molecule has 0 unspecified atom stereocenters. The summed E-state index contributed by atoms with van der Waals surface area (Å²) in [5, 5.41) is 12.7. The van der Waals surface area contributed by atoms with E-state index >= 15 is 0 Å². The predicted octanol–water partition coefficient (Wildman–Crippen LogP) is 7.80. The van der Waals surface area contributed by atoms with E-state index in [1.54, 1.807) is 0 Å². The zero-order valence-electron chi connectivity index (χ0n) is 40.5. The Hall–Kier alpha value is -1.83. The first kappa shape index (κ1) is 46.2. The van der Waals surface area contributed by atoms with Gasteiger partial charge in [-0.1, -0.05) is 57.8 Å². The first-order chi connectivity index (χ1) is 27.9. The van der Waals surface area contributed by atoms with Crippen LogP contribution in [-0.4, -0.2) is 153 Å². The predicted molar refractivity (Wildman–Crippen MR) is 240 cm³/mol. The van der Waals surface area contributed by atoms with Gasteiger partial charge in [0.1, 0.15) is 0 Å². The van der Waals surface area contributed by atoms with E-state index in [1.165, 1.54) is 96.3 Å². The summed E-state index contributed by atoms with van der Waals surface area (Å²) in [6, 6.07) is 1.35. The number of hydrazine groups is 3. The number of carbonyl (C=O) groups is 3. The van der Waals surface area contributed by atoms with Crippen molar-refractivity contribution in [1.82, 2.24) is 44.8 Å². The van der Waals surface area contributed by atoms with Crippen LogP contribution >= 0.6 is 0 Å². The van der Waals surface area contributed by atoms with Crippen molar-refractivity contribution in [3.63, 3.8) is 0 Å². The van der Waals surface area contributed by atoms with Gasteiger partial charge in [-0.3, -0.25) is 44.1 Å². The molecule has 0 bridgehead atoms. The van der Waals surface area contributed by atoms with E-state index in [0.29, 0.717) is 77.0 Å². The molecular formula is C48H87N9O3. The molecule has 0 N–H and O–H groups in total. The third-order valence-corrected chi connectivity index (χ3v) is 16.0. The Labute approximate surface area is 365 Å². The first-order valence-corrected chi connectivity index (χ1v) is 24.5. The maximum Gasteiger partial charge on any atom is 0.238 e. The highest BCUT2D eigenvalue weighted by Gasteiger charge is 2.54. The molecule has 4 saturated heterocycles. The van der Waals surface area contributed by atoms with Gasteiger partial charge in [-0.25, -0.2) is 0 Å². The lowest BCUT2D eigenvalue weighted by Gasteiger charge is -2.55. The van der Waals surface area contributed by atoms with Crippen LogP contribution in [0.1, 0.15) is 199 Å². The summed E-state index contributed by atoms with van der Waals surface area (Å²) < 4.78 is 0. The van der Waals surface area contributed by atoms with E-state index in [4.69, 9.17) is 0 Å². The van der Waals surface area contributed by atoms with Crippen LogP contribution in [0.15, 0.2) is 0 Å². The third kappa shape index (κ3) is 9.22. The van der Waals surface area contributed by atoms with Gasteiger partial charge in [0.2, 0.25) is 17.7 Å². The Balaban J connectivity index is 1.25. The Morgan fingerprint density at radius 3 is 0.767 bits per heavy atom. The van der Waals surface area contributed by atoms with Gasteiger partial charge in [0, 0.05) is 70.6 Å². The second-order valence-corrected chi connectivity index (χ2v) is 24.2. The Bertz CT molecular complexity index is 1370. The summed E-state index contributed by atoms with van der Waals surface area (Å²) in [6.45, 7) is 30.5. The average Bonchev–Trinajstić information content (AvgIpc) is 3.31. The maximum absolute atomic E-state index is 14.9. The molecule has 3 saturated carbocycles. The van der Waals surface area contributed by atoms with Crippen molar-refractivity contribution in [3.8, 4) is 0 Å². The lowest BCUT2D eigenvalue weighted by molar-refractivity contribution is -0.248. The minimum absolute atomic E-state index is 0.118. The van der Waals surface area contributed by atoms with Gasteiger partial charge >= 0.3 is 0 Å².